The number of aromatic nitrogens is 2. The third kappa shape index (κ3) is 3.06. The van der Waals surface area contributed by atoms with Gasteiger partial charge in [0.2, 0.25) is 0 Å². The molecule has 148 valence electrons. The molecule has 1 aliphatic heterocycles. The number of nitrogens with zero attached hydrogens (tertiary/aromatic N) is 2. The van der Waals surface area contributed by atoms with E-state index < -0.39 is 5.97 Å². The zero-order valence-electron chi connectivity index (χ0n) is 16.2. The Morgan fingerprint density at radius 3 is 2.43 bits per heavy atom. The van der Waals surface area contributed by atoms with Crippen molar-refractivity contribution in [2.75, 3.05) is 7.11 Å². The molecule has 0 radical (unpaired) electrons. The SMILES string of the molecule is COC(=O)c1cccc2[nH]c(=O)n(Cc3ccc(-c4ccccc4C4=NN4)cc3)c12. The predicted octanol–water partition coefficient (Wildman–Crippen LogP) is 3.10. The zero-order valence-corrected chi connectivity index (χ0v) is 16.2. The molecule has 2 N–H and O–H groups in total. The maximum Gasteiger partial charge on any atom is 0.340 e. The Morgan fingerprint density at radius 1 is 1.00 bits per heavy atom. The summed E-state index contributed by atoms with van der Waals surface area (Å²) >= 11 is 0. The van der Waals surface area contributed by atoms with Crippen molar-refractivity contribution in [2.24, 2.45) is 5.10 Å². The number of hydrogen-bond acceptors (Lipinski definition) is 5. The largest absolute Gasteiger partial charge is 0.465 e. The third-order valence-electron chi connectivity index (χ3n) is 5.21. The van der Waals surface area contributed by atoms with Crippen molar-refractivity contribution in [1.29, 1.82) is 0 Å². The number of aromatic amines is 1. The molecule has 7 nitrogen and oxygen atoms in total. The molecular formula is C23H18N4O3. The molecule has 7 heteroatoms. The molecule has 0 amide bonds. The molecule has 1 aliphatic rings. The molecule has 3 aromatic carbocycles. The minimum Gasteiger partial charge on any atom is -0.465 e. The van der Waals surface area contributed by atoms with Crippen molar-refractivity contribution < 1.29 is 9.53 Å². The highest BCUT2D eigenvalue weighted by Crippen LogP contribution is 2.26. The molecule has 1 aromatic heterocycles. The van der Waals surface area contributed by atoms with Crippen LogP contribution in [0.25, 0.3) is 22.2 Å². The normalized spacial score (nSPS) is 12.4. The van der Waals surface area contributed by atoms with E-state index in [1.165, 1.54) is 7.11 Å². The summed E-state index contributed by atoms with van der Waals surface area (Å²) in [7, 11) is 1.33. The molecule has 0 aliphatic carbocycles. The van der Waals surface area contributed by atoms with Gasteiger partial charge in [-0.25, -0.2) is 9.59 Å². The fourth-order valence-electron chi connectivity index (χ4n) is 3.71. The third-order valence-corrected chi connectivity index (χ3v) is 5.21. The van der Waals surface area contributed by atoms with Gasteiger partial charge in [-0.1, -0.05) is 54.6 Å². The van der Waals surface area contributed by atoms with E-state index >= 15 is 0 Å². The molecular weight excluding hydrogens is 380 g/mol. The van der Waals surface area contributed by atoms with Gasteiger partial charge in [0, 0.05) is 5.56 Å². The number of para-hydroxylation sites is 1. The lowest BCUT2D eigenvalue weighted by Crippen LogP contribution is -2.18. The molecule has 0 saturated heterocycles. The van der Waals surface area contributed by atoms with Crippen LogP contribution in [0.3, 0.4) is 0 Å². The highest BCUT2D eigenvalue weighted by molar-refractivity contribution is 6.10. The zero-order chi connectivity index (χ0) is 20.7. The van der Waals surface area contributed by atoms with Crippen LogP contribution in [0.2, 0.25) is 0 Å². The van der Waals surface area contributed by atoms with Crippen LogP contribution in [0, 0.1) is 0 Å². The number of esters is 1. The Balaban J connectivity index is 1.51. The maximum absolute atomic E-state index is 12.6. The number of fused-ring (bicyclic) bond motifs is 1. The number of nitrogens with one attached hydrogen (secondary N) is 2. The summed E-state index contributed by atoms with van der Waals surface area (Å²) in [6, 6.07) is 21.2. The van der Waals surface area contributed by atoms with E-state index in [1.54, 1.807) is 22.8 Å². The smallest absolute Gasteiger partial charge is 0.340 e. The van der Waals surface area contributed by atoms with Crippen LogP contribution in [0.15, 0.2) is 76.6 Å². The number of benzene rings is 3. The van der Waals surface area contributed by atoms with Crippen LogP contribution >= 0.6 is 0 Å². The number of ether oxygens (including phenoxy) is 1. The van der Waals surface area contributed by atoms with Gasteiger partial charge in [0.15, 0.2) is 5.84 Å². The molecule has 0 bridgehead atoms. The number of carbonyl (C=O) groups is 1. The number of imidazole rings is 1. The van der Waals surface area contributed by atoms with Gasteiger partial charge in [0.05, 0.1) is 30.3 Å². The summed E-state index contributed by atoms with van der Waals surface area (Å²) in [4.78, 5) is 27.5. The molecule has 0 unspecified atom stereocenters. The quantitative estimate of drug-likeness (QED) is 0.505. The van der Waals surface area contributed by atoms with Crippen molar-refractivity contribution in [1.82, 2.24) is 15.0 Å². The number of H-pyrrole nitrogens is 1. The van der Waals surface area contributed by atoms with Gasteiger partial charge in [-0.3, -0.25) is 9.99 Å². The highest BCUT2D eigenvalue weighted by atomic mass is 16.5. The summed E-state index contributed by atoms with van der Waals surface area (Å²) in [6.07, 6.45) is 0. The summed E-state index contributed by atoms with van der Waals surface area (Å²) in [5.41, 5.74) is 8.29. The minimum atomic E-state index is -0.475. The monoisotopic (exact) mass is 398 g/mol. The van der Waals surface area contributed by atoms with Gasteiger partial charge in [0.25, 0.3) is 0 Å². The van der Waals surface area contributed by atoms with Crippen molar-refractivity contribution in [3.8, 4) is 11.1 Å². The molecule has 5 rings (SSSR count). The van der Waals surface area contributed by atoms with Crippen LogP contribution in [0.1, 0.15) is 21.5 Å². The first kappa shape index (κ1) is 17.9. The van der Waals surface area contributed by atoms with Crippen LogP contribution in [0.5, 0.6) is 0 Å². The first-order valence-electron chi connectivity index (χ1n) is 9.48. The van der Waals surface area contributed by atoms with Crippen molar-refractivity contribution in [2.45, 2.75) is 6.54 Å². The Hall–Kier alpha value is -4.13. The number of carbonyl (C=O) groups excluding carboxylic acids is 1. The minimum absolute atomic E-state index is 0.270. The van der Waals surface area contributed by atoms with Crippen LogP contribution < -0.4 is 11.1 Å². The molecule has 0 spiro atoms. The number of rotatable bonds is 5. The Labute approximate surface area is 171 Å². The second-order valence-electron chi connectivity index (χ2n) is 7.02. The first-order valence-corrected chi connectivity index (χ1v) is 9.48. The average Bonchev–Trinajstić information content (AvgIpc) is 3.58. The number of methoxy groups -OCH3 is 1. The molecule has 0 atom stereocenters. The second-order valence-corrected chi connectivity index (χ2v) is 7.02. The fourth-order valence-corrected chi connectivity index (χ4v) is 3.71. The van der Waals surface area contributed by atoms with Gasteiger partial charge in [-0.15, -0.1) is 0 Å². The molecule has 2 heterocycles. The second kappa shape index (κ2) is 7.04. The summed E-state index contributed by atoms with van der Waals surface area (Å²) in [5.74, 6) is 0.410. The van der Waals surface area contributed by atoms with Crippen LogP contribution in [-0.4, -0.2) is 28.5 Å². The van der Waals surface area contributed by atoms with Gasteiger partial charge in [-0.2, -0.15) is 5.10 Å². The van der Waals surface area contributed by atoms with E-state index in [2.05, 4.69) is 21.6 Å². The van der Waals surface area contributed by atoms with E-state index in [0.29, 0.717) is 23.1 Å². The summed E-state index contributed by atoms with van der Waals surface area (Å²) < 4.78 is 6.44. The summed E-state index contributed by atoms with van der Waals surface area (Å²) in [6.45, 7) is 0.336. The average molecular weight is 398 g/mol. The van der Waals surface area contributed by atoms with Crippen molar-refractivity contribution in [3.05, 3.63) is 93.9 Å². The first-order chi connectivity index (χ1) is 14.7. The lowest BCUT2D eigenvalue weighted by molar-refractivity contribution is 0.0602. The Bertz CT molecular complexity index is 1360. The lowest BCUT2D eigenvalue weighted by Gasteiger charge is -2.09. The Morgan fingerprint density at radius 2 is 1.73 bits per heavy atom. The van der Waals surface area contributed by atoms with E-state index in [0.717, 1.165) is 28.1 Å². The molecule has 0 saturated carbocycles. The molecule has 0 fully saturated rings. The molecule has 30 heavy (non-hydrogen) atoms. The number of amidine groups is 1. The lowest BCUT2D eigenvalue weighted by atomic mass is 9.98. The number of hydrazone groups is 1. The van der Waals surface area contributed by atoms with Gasteiger partial charge >= 0.3 is 11.7 Å². The van der Waals surface area contributed by atoms with E-state index in [1.807, 2.05) is 42.5 Å². The van der Waals surface area contributed by atoms with E-state index in [-0.39, 0.29) is 5.69 Å². The van der Waals surface area contributed by atoms with E-state index in [4.69, 9.17) is 4.74 Å². The van der Waals surface area contributed by atoms with Crippen LogP contribution in [0.4, 0.5) is 0 Å². The van der Waals surface area contributed by atoms with Gasteiger partial charge in [0.1, 0.15) is 0 Å². The number of hydrogen-bond donors (Lipinski definition) is 2. The molecule has 4 aromatic rings. The van der Waals surface area contributed by atoms with Gasteiger partial charge in [-0.05, 0) is 28.8 Å². The summed E-state index contributed by atoms with van der Waals surface area (Å²) in [5, 5.41) is 4.08. The fraction of sp³-hybridized carbons (Fsp3) is 0.0870. The van der Waals surface area contributed by atoms with E-state index in [9.17, 15) is 9.59 Å². The topological polar surface area (TPSA) is 98.4 Å². The van der Waals surface area contributed by atoms with Gasteiger partial charge < -0.3 is 9.72 Å². The standard InChI is InChI=1S/C23H18N4O3/c1-30-22(28)18-7-4-8-19-20(18)27(23(29)24-19)13-14-9-11-15(12-10-14)16-5-2-3-6-17(16)21-25-26-21/h2-12H,13H2,1H3,(H,24,29)(H,25,26). The Kier molecular flexibility index (Phi) is 4.21. The van der Waals surface area contributed by atoms with Crippen molar-refractivity contribution >= 4 is 22.8 Å². The maximum atomic E-state index is 12.6. The van der Waals surface area contributed by atoms with Crippen LogP contribution in [-0.2, 0) is 11.3 Å². The predicted molar refractivity (Wildman–Crippen MR) is 115 cm³/mol. The highest BCUT2D eigenvalue weighted by Gasteiger charge is 2.18. The van der Waals surface area contributed by atoms with Crippen molar-refractivity contribution in [3.63, 3.8) is 0 Å².